The van der Waals surface area contributed by atoms with Crippen LogP contribution in [0.25, 0.3) is 0 Å². The van der Waals surface area contributed by atoms with Gasteiger partial charge in [0.15, 0.2) is 0 Å². The van der Waals surface area contributed by atoms with E-state index in [1.165, 1.54) is 19.4 Å². The second kappa shape index (κ2) is 4.77. The Morgan fingerprint density at radius 1 is 1.67 bits per heavy atom. The molecule has 0 aliphatic heterocycles. The maximum atomic E-state index is 10.5. The highest BCUT2D eigenvalue weighted by Gasteiger charge is 2.09. The smallest absolute Gasteiger partial charge is 0.331 e. The van der Waals surface area contributed by atoms with Gasteiger partial charge in [0.25, 0.3) is 0 Å². The van der Waals surface area contributed by atoms with E-state index in [1.807, 2.05) is 0 Å². The molecule has 0 saturated carbocycles. The summed E-state index contributed by atoms with van der Waals surface area (Å²) in [5.74, 6) is -0.418. The van der Waals surface area contributed by atoms with Crippen molar-refractivity contribution in [1.29, 1.82) is 0 Å². The highest BCUT2D eigenvalue weighted by Crippen LogP contribution is 1.96. The molecule has 0 aromatic rings. The van der Waals surface area contributed by atoms with Crippen LogP contribution in [0, 0.1) is 0 Å². The molecule has 0 heterocycles. The molecule has 0 aromatic heterocycles. The van der Waals surface area contributed by atoms with Crippen molar-refractivity contribution in [2.45, 2.75) is 19.4 Å². The molecule has 0 aromatic carbocycles. The molecular weight excluding hydrogens is 158 g/mol. The number of aliphatic hydroxyl groups is 1. The summed E-state index contributed by atoms with van der Waals surface area (Å²) in [5.41, 5.74) is -0.777. The topological polar surface area (TPSA) is 58.6 Å². The van der Waals surface area contributed by atoms with Gasteiger partial charge in [0.05, 0.1) is 12.7 Å². The second-order valence-electron chi connectivity index (χ2n) is 3.05. The molecule has 12 heavy (non-hydrogen) atoms. The fourth-order valence-corrected chi connectivity index (χ4v) is 0.504. The number of hydrogen-bond acceptors (Lipinski definition) is 4. The van der Waals surface area contributed by atoms with Crippen LogP contribution in [-0.4, -0.2) is 30.3 Å². The third kappa shape index (κ3) is 7.08. The molecule has 0 unspecified atom stereocenters. The molecule has 0 amide bonds. The first-order valence-electron chi connectivity index (χ1n) is 3.66. The number of methoxy groups -OCH3 is 1. The first-order valence-corrected chi connectivity index (χ1v) is 3.66. The van der Waals surface area contributed by atoms with E-state index in [4.69, 9.17) is 0 Å². The SMILES string of the molecule is COC(=O)/C=C/NCC(C)(C)O. The average molecular weight is 173 g/mol. The summed E-state index contributed by atoms with van der Waals surface area (Å²) < 4.78 is 4.35. The number of carbonyl (C=O) groups excluding carboxylic acids is 1. The Kier molecular flexibility index (Phi) is 4.36. The van der Waals surface area contributed by atoms with Crippen molar-refractivity contribution in [3.05, 3.63) is 12.3 Å². The maximum Gasteiger partial charge on any atom is 0.331 e. The minimum absolute atomic E-state index is 0.389. The van der Waals surface area contributed by atoms with Crippen molar-refractivity contribution < 1.29 is 14.6 Å². The van der Waals surface area contributed by atoms with Crippen LogP contribution in [0.5, 0.6) is 0 Å². The molecule has 0 atom stereocenters. The lowest BCUT2D eigenvalue weighted by Crippen LogP contribution is -2.32. The van der Waals surface area contributed by atoms with Gasteiger partial charge in [-0.1, -0.05) is 0 Å². The Labute approximate surface area is 72.2 Å². The lowest BCUT2D eigenvalue weighted by Gasteiger charge is -2.16. The summed E-state index contributed by atoms with van der Waals surface area (Å²) in [4.78, 5) is 10.5. The van der Waals surface area contributed by atoms with E-state index >= 15 is 0 Å². The van der Waals surface area contributed by atoms with E-state index < -0.39 is 11.6 Å². The fraction of sp³-hybridized carbons (Fsp3) is 0.625. The van der Waals surface area contributed by atoms with Gasteiger partial charge in [-0.15, -0.1) is 0 Å². The molecule has 0 radical (unpaired) electrons. The van der Waals surface area contributed by atoms with Crippen LogP contribution in [0.3, 0.4) is 0 Å². The number of nitrogens with one attached hydrogen (secondary N) is 1. The third-order valence-corrected chi connectivity index (χ3v) is 1.07. The van der Waals surface area contributed by atoms with E-state index in [9.17, 15) is 9.90 Å². The number of esters is 1. The second-order valence-corrected chi connectivity index (χ2v) is 3.05. The van der Waals surface area contributed by atoms with Gasteiger partial charge in [-0.25, -0.2) is 4.79 Å². The van der Waals surface area contributed by atoms with Crippen molar-refractivity contribution >= 4 is 5.97 Å². The molecule has 0 rings (SSSR count). The zero-order valence-electron chi connectivity index (χ0n) is 7.63. The maximum absolute atomic E-state index is 10.5. The van der Waals surface area contributed by atoms with Gasteiger partial charge >= 0.3 is 5.97 Å². The molecule has 4 nitrogen and oxygen atoms in total. The Bertz CT molecular complexity index is 170. The predicted molar refractivity (Wildman–Crippen MR) is 45.5 cm³/mol. The van der Waals surface area contributed by atoms with E-state index in [2.05, 4.69) is 10.1 Å². The largest absolute Gasteiger partial charge is 0.466 e. The lowest BCUT2D eigenvalue weighted by atomic mass is 10.1. The van der Waals surface area contributed by atoms with Crippen LogP contribution >= 0.6 is 0 Å². The van der Waals surface area contributed by atoms with E-state index in [-0.39, 0.29) is 0 Å². The molecule has 0 spiro atoms. The molecule has 0 fully saturated rings. The minimum Gasteiger partial charge on any atom is -0.466 e. The van der Waals surface area contributed by atoms with Crippen molar-refractivity contribution in [2.24, 2.45) is 0 Å². The summed E-state index contributed by atoms with van der Waals surface area (Å²) in [6.07, 6.45) is 2.70. The summed E-state index contributed by atoms with van der Waals surface area (Å²) in [6.45, 7) is 3.73. The van der Waals surface area contributed by atoms with Gasteiger partial charge < -0.3 is 15.2 Å². The third-order valence-electron chi connectivity index (χ3n) is 1.07. The molecular formula is C8H15NO3. The van der Waals surface area contributed by atoms with Gasteiger partial charge in [0, 0.05) is 18.8 Å². The number of hydrogen-bond donors (Lipinski definition) is 2. The van der Waals surface area contributed by atoms with E-state index in [0.717, 1.165) is 0 Å². The quantitative estimate of drug-likeness (QED) is 0.465. The monoisotopic (exact) mass is 173 g/mol. The zero-order valence-corrected chi connectivity index (χ0v) is 7.63. The van der Waals surface area contributed by atoms with Gasteiger partial charge in [-0.3, -0.25) is 0 Å². The highest BCUT2D eigenvalue weighted by atomic mass is 16.5. The van der Waals surface area contributed by atoms with Crippen molar-refractivity contribution in [3.8, 4) is 0 Å². The average Bonchev–Trinajstić information content (AvgIpc) is 1.96. The molecule has 4 heteroatoms. The molecule has 0 saturated heterocycles. The highest BCUT2D eigenvalue weighted by molar-refractivity contribution is 5.81. The predicted octanol–water partition coefficient (Wildman–Crippen LogP) is 0.0336. The Balaban J connectivity index is 3.56. The van der Waals surface area contributed by atoms with Crippen LogP contribution < -0.4 is 5.32 Å². The van der Waals surface area contributed by atoms with E-state index in [0.29, 0.717) is 6.54 Å². The van der Waals surface area contributed by atoms with Crippen molar-refractivity contribution in [2.75, 3.05) is 13.7 Å². The summed E-state index contributed by atoms with van der Waals surface area (Å²) in [7, 11) is 1.31. The van der Waals surface area contributed by atoms with Crippen LogP contribution in [-0.2, 0) is 9.53 Å². The van der Waals surface area contributed by atoms with Gasteiger partial charge in [0.1, 0.15) is 0 Å². The zero-order chi connectivity index (χ0) is 9.61. The standard InChI is InChI=1S/C8H15NO3/c1-8(2,11)6-9-5-4-7(10)12-3/h4-5,9,11H,6H2,1-3H3/b5-4+. The minimum atomic E-state index is -0.777. The van der Waals surface area contributed by atoms with Crippen molar-refractivity contribution in [3.63, 3.8) is 0 Å². The molecule has 70 valence electrons. The molecule has 0 aliphatic rings. The number of ether oxygens (including phenoxy) is 1. The van der Waals surface area contributed by atoms with Crippen LogP contribution in [0.2, 0.25) is 0 Å². The summed E-state index contributed by atoms with van der Waals surface area (Å²) in [5, 5.41) is 12.0. The Morgan fingerprint density at radius 2 is 2.25 bits per heavy atom. The molecule has 0 aliphatic carbocycles. The fourth-order valence-electron chi connectivity index (χ4n) is 0.504. The lowest BCUT2D eigenvalue weighted by molar-refractivity contribution is -0.134. The van der Waals surface area contributed by atoms with Crippen LogP contribution in [0.15, 0.2) is 12.3 Å². The normalized spacial score (nSPS) is 11.7. The van der Waals surface area contributed by atoms with Crippen molar-refractivity contribution in [1.82, 2.24) is 5.32 Å². The Hall–Kier alpha value is -1.03. The summed E-state index contributed by atoms with van der Waals surface area (Å²) in [6, 6.07) is 0. The van der Waals surface area contributed by atoms with Gasteiger partial charge in [-0.2, -0.15) is 0 Å². The van der Waals surface area contributed by atoms with Crippen LogP contribution in [0.1, 0.15) is 13.8 Å². The van der Waals surface area contributed by atoms with Crippen LogP contribution in [0.4, 0.5) is 0 Å². The number of rotatable bonds is 4. The first-order chi connectivity index (χ1) is 5.45. The van der Waals surface area contributed by atoms with Gasteiger partial charge in [-0.05, 0) is 13.8 Å². The summed E-state index contributed by atoms with van der Waals surface area (Å²) >= 11 is 0. The Morgan fingerprint density at radius 3 is 2.67 bits per heavy atom. The molecule has 2 N–H and O–H groups in total. The first kappa shape index (κ1) is 11.0. The number of carbonyl (C=O) groups is 1. The van der Waals surface area contributed by atoms with E-state index in [1.54, 1.807) is 13.8 Å². The molecule has 0 bridgehead atoms. The van der Waals surface area contributed by atoms with Gasteiger partial charge in [0.2, 0.25) is 0 Å².